The van der Waals surface area contributed by atoms with E-state index in [0.717, 1.165) is 5.56 Å². The molecule has 2 atom stereocenters. The van der Waals surface area contributed by atoms with E-state index in [0.29, 0.717) is 18.2 Å². The summed E-state index contributed by atoms with van der Waals surface area (Å²) >= 11 is 0. The SMILES string of the molecule is CNCC(C)C(=O)NC(C)c1ncc(-c2ccccc2)o1.Cl. The quantitative estimate of drug-likeness (QED) is 0.858. The van der Waals surface area contributed by atoms with Gasteiger partial charge in [-0.1, -0.05) is 37.3 Å². The van der Waals surface area contributed by atoms with Gasteiger partial charge in [-0.25, -0.2) is 4.98 Å². The molecule has 0 aliphatic heterocycles. The second-order valence-electron chi connectivity index (χ2n) is 5.12. The number of hydrogen-bond donors (Lipinski definition) is 2. The van der Waals surface area contributed by atoms with Crippen LogP contribution < -0.4 is 10.6 Å². The molecule has 0 aliphatic carbocycles. The van der Waals surface area contributed by atoms with Crippen molar-refractivity contribution in [3.8, 4) is 11.3 Å². The fraction of sp³-hybridized carbons (Fsp3) is 0.375. The first-order valence-corrected chi connectivity index (χ1v) is 7.08. The Bertz CT molecular complexity index is 586. The van der Waals surface area contributed by atoms with Crippen molar-refractivity contribution in [2.24, 2.45) is 5.92 Å². The van der Waals surface area contributed by atoms with Crippen molar-refractivity contribution in [2.75, 3.05) is 13.6 Å². The van der Waals surface area contributed by atoms with Gasteiger partial charge in [0.25, 0.3) is 0 Å². The van der Waals surface area contributed by atoms with E-state index in [1.807, 2.05) is 51.2 Å². The molecular weight excluding hydrogens is 302 g/mol. The fourth-order valence-corrected chi connectivity index (χ4v) is 2.04. The smallest absolute Gasteiger partial charge is 0.224 e. The molecule has 120 valence electrons. The summed E-state index contributed by atoms with van der Waals surface area (Å²) < 4.78 is 5.73. The van der Waals surface area contributed by atoms with Crippen LogP contribution in [-0.4, -0.2) is 24.5 Å². The topological polar surface area (TPSA) is 67.2 Å². The molecule has 0 spiro atoms. The van der Waals surface area contributed by atoms with Crippen LogP contribution in [0, 0.1) is 5.92 Å². The molecule has 22 heavy (non-hydrogen) atoms. The zero-order chi connectivity index (χ0) is 15.2. The Labute approximate surface area is 136 Å². The molecule has 1 amide bonds. The summed E-state index contributed by atoms with van der Waals surface area (Å²) in [5, 5.41) is 5.90. The van der Waals surface area contributed by atoms with Gasteiger partial charge in [-0.3, -0.25) is 4.79 Å². The van der Waals surface area contributed by atoms with Crippen molar-refractivity contribution < 1.29 is 9.21 Å². The van der Waals surface area contributed by atoms with E-state index in [-0.39, 0.29) is 30.3 Å². The number of aromatic nitrogens is 1. The van der Waals surface area contributed by atoms with Gasteiger partial charge < -0.3 is 15.1 Å². The minimum atomic E-state index is -0.255. The molecule has 0 radical (unpaired) electrons. The van der Waals surface area contributed by atoms with Crippen molar-refractivity contribution in [2.45, 2.75) is 19.9 Å². The van der Waals surface area contributed by atoms with Gasteiger partial charge in [0.05, 0.1) is 6.20 Å². The lowest BCUT2D eigenvalue weighted by atomic mass is 10.1. The second kappa shape index (κ2) is 8.56. The summed E-state index contributed by atoms with van der Waals surface area (Å²) in [5.74, 6) is 1.10. The highest BCUT2D eigenvalue weighted by Crippen LogP contribution is 2.22. The van der Waals surface area contributed by atoms with Crippen molar-refractivity contribution >= 4 is 18.3 Å². The van der Waals surface area contributed by atoms with Gasteiger partial charge in [0.1, 0.15) is 6.04 Å². The molecule has 2 N–H and O–H groups in total. The molecule has 0 aliphatic rings. The van der Waals surface area contributed by atoms with Crippen LogP contribution in [0.2, 0.25) is 0 Å². The van der Waals surface area contributed by atoms with Crippen molar-refractivity contribution in [3.05, 3.63) is 42.4 Å². The third kappa shape index (κ3) is 4.58. The second-order valence-corrected chi connectivity index (χ2v) is 5.12. The number of benzene rings is 1. The van der Waals surface area contributed by atoms with Gasteiger partial charge in [0.15, 0.2) is 5.76 Å². The molecule has 2 aromatic rings. The van der Waals surface area contributed by atoms with E-state index in [2.05, 4.69) is 15.6 Å². The highest BCUT2D eigenvalue weighted by Gasteiger charge is 2.19. The Morgan fingerprint density at radius 1 is 1.27 bits per heavy atom. The van der Waals surface area contributed by atoms with Gasteiger partial charge in [0.2, 0.25) is 11.8 Å². The number of hydrogen-bond acceptors (Lipinski definition) is 4. The molecule has 2 unspecified atom stereocenters. The molecule has 6 heteroatoms. The first-order valence-electron chi connectivity index (χ1n) is 7.08. The average Bonchev–Trinajstić information content (AvgIpc) is 2.98. The van der Waals surface area contributed by atoms with Crippen LogP contribution >= 0.6 is 12.4 Å². The highest BCUT2D eigenvalue weighted by atomic mass is 35.5. The lowest BCUT2D eigenvalue weighted by molar-refractivity contribution is -0.125. The van der Waals surface area contributed by atoms with Crippen LogP contribution in [0.25, 0.3) is 11.3 Å². The third-order valence-electron chi connectivity index (χ3n) is 3.27. The predicted octanol–water partition coefficient (Wildman–Crippen LogP) is 2.80. The molecule has 0 saturated carbocycles. The first kappa shape index (κ1) is 18.2. The molecule has 0 bridgehead atoms. The van der Waals surface area contributed by atoms with E-state index in [1.165, 1.54) is 0 Å². The van der Waals surface area contributed by atoms with Crippen molar-refractivity contribution in [1.82, 2.24) is 15.6 Å². The number of amides is 1. The monoisotopic (exact) mass is 323 g/mol. The average molecular weight is 324 g/mol. The number of halogens is 1. The molecule has 0 fully saturated rings. The van der Waals surface area contributed by atoms with E-state index in [4.69, 9.17) is 4.42 Å². The van der Waals surface area contributed by atoms with Crippen LogP contribution in [0.3, 0.4) is 0 Å². The molecule has 1 heterocycles. The van der Waals surface area contributed by atoms with E-state index in [1.54, 1.807) is 6.20 Å². The largest absolute Gasteiger partial charge is 0.438 e. The molecule has 1 aromatic carbocycles. The summed E-state index contributed by atoms with van der Waals surface area (Å²) in [6, 6.07) is 9.51. The van der Waals surface area contributed by atoms with Gasteiger partial charge in [-0.2, -0.15) is 0 Å². The number of oxazole rings is 1. The lowest BCUT2D eigenvalue weighted by Crippen LogP contribution is -2.35. The molecule has 5 nitrogen and oxygen atoms in total. The van der Waals surface area contributed by atoms with Crippen LogP contribution in [0.4, 0.5) is 0 Å². The highest BCUT2D eigenvalue weighted by molar-refractivity contribution is 5.85. The maximum absolute atomic E-state index is 12.0. The van der Waals surface area contributed by atoms with Gasteiger partial charge in [0, 0.05) is 18.0 Å². The maximum Gasteiger partial charge on any atom is 0.224 e. The molecule has 0 saturated heterocycles. The Morgan fingerprint density at radius 3 is 2.59 bits per heavy atom. The number of nitrogens with one attached hydrogen (secondary N) is 2. The van der Waals surface area contributed by atoms with Gasteiger partial charge >= 0.3 is 0 Å². The van der Waals surface area contributed by atoms with E-state index < -0.39 is 0 Å². The van der Waals surface area contributed by atoms with Crippen molar-refractivity contribution in [3.63, 3.8) is 0 Å². The van der Waals surface area contributed by atoms with Crippen LogP contribution in [0.1, 0.15) is 25.8 Å². The van der Waals surface area contributed by atoms with Crippen molar-refractivity contribution in [1.29, 1.82) is 0 Å². The molecule has 1 aromatic heterocycles. The van der Waals surface area contributed by atoms with E-state index in [9.17, 15) is 4.79 Å². The van der Waals surface area contributed by atoms with Crippen LogP contribution in [0.15, 0.2) is 40.9 Å². The maximum atomic E-state index is 12.0. The zero-order valence-corrected chi connectivity index (χ0v) is 13.8. The molecule has 2 rings (SSSR count). The molecular formula is C16H22ClN3O2. The summed E-state index contributed by atoms with van der Waals surface area (Å²) in [6.45, 7) is 4.38. The normalized spacial score (nSPS) is 13.0. The summed E-state index contributed by atoms with van der Waals surface area (Å²) in [7, 11) is 1.83. The first-order chi connectivity index (χ1) is 10.1. The Balaban J connectivity index is 0.00000242. The Kier molecular flexibility index (Phi) is 7.08. The minimum absolute atomic E-state index is 0. The summed E-state index contributed by atoms with van der Waals surface area (Å²) in [4.78, 5) is 16.2. The lowest BCUT2D eigenvalue weighted by Gasteiger charge is -2.15. The predicted molar refractivity (Wildman–Crippen MR) is 88.8 cm³/mol. The summed E-state index contributed by atoms with van der Waals surface area (Å²) in [6.07, 6.45) is 1.68. The number of rotatable bonds is 6. The van der Waals surface area contributed by atoms with Crippen LogP contribution in [-0.2, 0) is 4.79 Å². The van der Waals surface area contributed by atoms with Crippen LogP contribution in [0.5, 0.6) is 0 Å². The van der Waals surface area contributed by atoms with Gasteiger partial charge in [-0.15, -0.1) is 12.4 Å². The number of carbonyl (C=O) groups excluding carboxylic acids is 1. The fourth-order valence-electron chi connectivity index (χ4n) is 2.04. The standard InChI is InChI=1S/C16H21N3O2.ClH/c1-11(9-17-3)15(20)19-12(2)16-18-10-14(21-16)13-7-5-4-6-8-13;/h4-8,10-12,17H,9H2,1-3H3,(H,19,20);1H. The van der Waals surface area contributed by atoms with Gasteiger partial charge in [-0.05, 0) is 14.0 Å². The van der Waals surface area contributed by atoms with E-state index >= 15 is 0 Å². The Morgan fingerprint density at radius 2 is 1.95 bits per heavy atom. The number of carbonyl (C=O) groups is 1. The number of nitrogens with zero attached hydrogens (tertiary/aromatic N) is 1. The third-order valence-corrected chi connectivity index (χ3v) is 3.27. The zero-order valence-electron chi connectivity index (χ0n) is 13.0. The Hall–Kier alpha value is -1.85. The minimum Gasteiger partial charge on any atom is -0.438 e. The summed E-state index contributed by atoms with van der Waals surface area (Å²) in [5.41, 5.74) is 0.971.